The molecule has 1 spiro atoms. The highest BCUT2D eigenvalue weighted by atomic mass is 16.5. The number of likely N-dealkylation sites (tertiary alicyclic amines) is 1. The van der Waals surface area contributed by atoms with Crippen LogP contribution in [0.5, 0.6) is 11.5 Å². The molecule has 6 rings (SSSR count). The van der Waals surface area contributed by atoms with E-state index < -0.39 is 0 Å². The fraction of sp³-hybridized carbons (Fsp3) is 0.609. The van der Waals surface area contributed by atoms with Crippen molar-refractivity contribution in [2.24, 2.45) is 17.3 Å². The Morgan fingerprint density at radius 1 is 1.36 bits per heavy atom. The normalized spacial score (nSPS) is 37.9. The number of allylic oxidation sites excluding steroid dienone is 1. The smallest absolute Gasteiger partial charge is 0.309 e. The number of fused-ring (bicyclic) bond motifs is 2. The van der Waals surface area contributed by atoms with Crippen molar-refractivity contribution in [3.8, 4) is 11.5 Å². The zero-order valence-electron chi connectivity index (χ0n) is 16.9. The first-order chi connectivity index (χ1) is 13.5. The monoisotopic (exact) mass is 383 g/mol. The van der Waals surface area contributed by atoms with Crippen LogP contribution in [0, 0.1) is 17.3 Å². The molecule has 5 aliphatic rings. The number of hydrogen-bond acceptors (Lipinski definition) is 5. The van der Waals surface area contributed by atoms with Crippen LogP contribution in [0.3, 0.4) is 0 Å². The second-order valence-corrected chi connectivity index (χ2v) is 9.01. The number of piperidine rings is 1. The number of likely N-dealkylation sites (N-methyl/N-ethyl adjacent to an activating group) is 1. The van der Waals surface area contributed by atoms with E-state index in [4.69, 9.17) is 9.47 Å². The van der Waals surface area contributed by atoms with Gasteiger partial charge in [0.15, 0.2) is 11.5 Å². The minimum absolute atomic E-state index is 0.0625. The molecule has 1 saturated carbocycles. The van der Waals surface area contributed by atoms with E-state index in [0.717, 1.165) is 37.8 Å². The molecular weight excluding hydrogens is 354 g/mol. The van der Waals surface area contributed by atoms with Crippen molar-refractivity contribution >= 4 is 5.97 Å². The fourth-order valence-corrected chi connectivity index (χ4v) is 6.98. The second kappa shape index (κ2) is 5.99. The molecule has 1 aromatic carbocycles. The Morgan fingerprint density at radius 2 is 2.18 bits per heavy atom. The highest BCUT2D eigenvalue weighted by molar-refractivity contribution is 5.75. The van der Waals surface area contributed by atoms with Crippen molar-refractivity contribution in [1.29, 1.82) is 0 Å². The van der Waals surface area contributed by atoms with Crippen LogP contribution in [0.1, 0.15) is 37.3 Å². The van der Waals surface area contributed by atoms with Crippen molar-refractivity contribution in [1.82, 2.24) is 4.90 Å². The highest BCUT2D eigenvalue weighted by Crippen LogP contribution is 2.70. The van der Waals surface area contributed by atoms with Crippen LogP contribution in [0.15, 0.2) is 24.3 Å². The highest BCUT2D eigenvalue weighted by Gasteiger charge is 2.68. The van der Waals surface area contributed by atoms with Gasteiger partial charge in [0.05, 0.1) is 19.6 Å². The van der Waals surface area contributed by atoms with Gasteiger partial charge in [0.2, 0.25) is 0 Å². The first-order valence-corrected chi connectivity index (χ1v) is 10.4. The van der Waals surface area contributed by atoms with Gasteiger partial charge in [0.25, 0.3) is 0 Å². The number of ether oxygens (including phenoxy) is 2. The maximum atomic E-state index is 12.7. The van der Waals surface area contributed by atoms with Gasteiger partial charge in [-0.3, -0.25) is 4.79 Å². The number of carbonyl (C=O) groups excluding carboxylic acids is 1. The van der Waals surface area contributed by atoms with E-state index in [1.165, 1.54) is 5.56 Å². The second-order valence-electron chi connectivity index (χ2n) is 9.01. The molecule has 150 valence electrons. The van der Waals surface area contributed by atoms with E-state index in [2.05, 4.69) is 30.2 Å². The minimum atomic E-state index is -0.150. The molecule has 4 bridgehead atoms. The summed E-state index contributed by atoms with van der Waals surface area (Å²) in [5.74, 6) is 0.874. The van der Waals surface area contributed by atoms with E-state index in [-0.39, 0.29) is 28.6 Å². The predicted molar refractivity (Wildman–Crippen MR) is 105 cm³/mol. The van der Waals surface area contributed by atoms with E-state index >= 15 is 0 Å². The number of carbonyl (C=O) groups is 1. The number of esters is 1. The lowest BCUT2D eigenvalue weighted by atomic mass is 9.38. The Labute approximate surface area is 166 Å². The van der Waals surface area contributed by atoms with E-state index in [9.17, 15) is 9.90 Å². The molecule has 2 fully saturated rings. The molecule has 4 aliphatic carbocycles. The Hall–Kier alpha value is -2.01. The van der Waals surface area contributed by atoms with Gasteiger partial charge in [0.1, 0.15) is 0 Å². The summed E-state index contributed by atoms with van der Waals surface area (Å²) in [6, 6.07) is 4.34. The van der Waals surface area contributed by atoms with Crippen LogP contribution in [-0.2, 0) is 21.4 Å². The van der Waals surface area contributed by atoms with E-state index in [1.807, 2.05) is 13.0 Å². The molecule has 28 heavy (non-hydrogen) atoms. The van der Waals surface area contributed by atoms with Gasteiger partial charge in [-0.05, 0) is 63.7 Å². The lowest BCUT2D eigenvalue weighted by molar-refractivity contribution is -0.160. The first-order valence-electron chi connectivity index (χ1n) is 10.4. The lowest BCUT2D eigenvalue weighted by Crippen LogP contribution is -2.70. The maximum absolute atomic E-state index is 12.7. The molecule has 0 radical (unpaired) electrons. The van der Waals surface area contributed by atoms with Gasteiger partial charge in [-0.2, -0.15) is 0 Å². The molecule has 1 N–H and O–H groups in total. The summed E-state index contributed by atoms with van der Waals surface area (Å²) in [5, 5.41) is 11.2. The van der Waals surface area contributed by atoms with E-state index in [0.29, 0.717) is 24.1 Å². The van der Waals surface area contributed by atoms with Crippen LogP contribution < -0.4 is 4.74 Å². The number of nitrogens with zero attached hydrogens (tertiary/aromatic N) is 1. The van der Waals surface area contributed by atoms with Crippen molar-refractivity contribution in [2.75, 3.05) is 27.3 Å². The summed E-state index contributed by atoms with van der Waals surface area (Å²) in [5.41, 5.74) is 2.02. The topological polar surface area (TPSA) is 59.0 Å². The molecule has 0 unspecified atom stereocenters. The van der Waals surface area contributed by atoms with Crippen LogP contribution >= 0.6 is 0 Å². The first kappa shape index (κ1) is 18.0. The molecule has 5 atom stereocenters. The van der Waals surface area contributed by atoms with Crippen molar-refractivity contribution in [3.63, 3.8) is 0 Å². The molecule has 0 aromatic heterocycles. The molecule has 5 heteroatoms. The minimum Gasteiger partial charge on any atom is -0.504 e. The Morgan fingerprint density at radius 3 is 2.93 bits per heavy atom. The summed E-state index contributed by atoms with van der Waals surface area (Å²) < 4.78 is 10.9. The van der Waals surface area contributed by atoms with Crippen LogP contribution in [0.2, 0.25) is 0 Å². The summed E-state index contributed by atoms with van der Waals surface area (Å²) in [4.78, 5) is 15.2. The zero-order chi connectivity index (χ0) is 19.7. The SMILES string of the molecule is CCOC(=O)[C@@H]1C[C@]23C=C[C@@H]1C[C@@]21CCN(C)[C@@H]3Cc2ccc(OC)c(O)c21. The quantitative estimate of drug-likeness (QED) is 0.642. The van der Waals surface area contributed by atoms with Gasteiger partial charge in [-0.25, -0.2) is 0 Å². The predicted octanol–water partition coefficient (Wildman–Crippen LogP) is 3.04. The standard InChI is InChI=1S/C23H29NO4/c1-4-28-21(26)16-13-22-8-7-15(16)12-23(22)9-10-24(2)18(22)11-14-5-6-17(27-3)20(25)19(14)23/h5-8,15-16,18,25H,4,9-13H2,1-3H3/t15-,16-,18-,22+,23-/m1/s1. The van der Waals surface area contributed by atoms with Gasteiger partial charge < -0.3 is 19.5 Å². The molecule has 5 nitrogen and oxygen atoms in total. The van der Waals surface area contributed by atoms with Crippen molar-refractivity contribution in [2.45, 2.75) is 44.1 Å². The Bertz CT molecular complexity index is 864. The van der Waals surface area contributed by atoms with Crippen molar-refractivity contribution < 1.29 is 19.4 Å². The van der Waals surface area contributed by atoms with Gasteiger partial charge in [-0.15, -0.1) is 0 Å². The summed E-state index contributed by atoms with van der Waals surface area (Å²) in [7, 11) is 3.81. The molecule has 0 amide bonds. The van der Waals surface area contributed by atoms with Gasteiger partial charge in [0, 0.05) is 22.4 Å². The molecular formula is C23H29NO4. The lowest BCUT2D eigenvalue weighted by Gasteiger charge is -2.68. The largest absolute Gasteiger partial charge is 0.504 e. The fourth-order valence-electron chi connectivity index (χ4n) is 6.98. The number of benzene rings is 1. The van der Waals surface area contributed by atoms with E-state index in [1.54, 1.807) is 7.11 Å². The molecule has 1 saturated heterocycles. The third-order valence-electron chi connectivity index (χ3n) is 8.14. The number of methoxy groups -OCH3 is 1. The Kier molecular flexibility index (Phi) is 3.86. The van der Waals surface area contributed by atoms with Crippen molar-refractivity contribution in [3.05, 3.63) is 35.4 Å². The van der Waals surface area contributed by atoms with Gasteiger partial charge >= 0.3 is 5.97 Å². The summed E-state index contributed by atoms with van der Waals surface area (Å²) in [6.07, 6.45) is 8.22. The third kappa shape index (κ3) is 2.03. The summed E-state index contributed by atoms with van der Waals surface area (Å²) in [6.45, 7) is 3.31. The van der Waals surface area contributed by atoms with Crippen LogP contribution in [0.4, 0.5) is 0 Å². The average molecular weight is 383 g/mol. The number of hydrogen-bond donors (Lipinski definition) is 1. The Balaban J connectivity index is 1.70. The van der Waals surface area contributed by atoms with Gasteiger partial charge in [-0.1, -0.05) is 18.2 Å². The number of phenols is 1. The number of phenolic OH excluding ortho intramolecular Hbond substituents is 1. The summed E-state index contributed by atoms with van der Waals surface area (Å²) >= 11 is 0. The average Bonchev–Trinajstić information content (AvgIpc) is 2.70. The maximum Gasteiger partial charge on any atom is 0.309 e. The van der Waals surface area contributed by atoms with Crippen LogP contribution in [-0.4, -0.2) is 49.3 Å². The number of rotatable bonds is 3. The zero-order valence-corrected chi connectivity index (χ0v) is 16.9. The molecule has 1 aliphatic heterocycles. The van der Waals surface area contributed by atoms with Crippen LogP contribution in [0.25, 0.3) is 0 Å². The number of aromatic hydroxyl groups is 1. The third-order valence-corrected chi connectivity index (χ3v) is 8.14. The molecule has 1 heterocycles. The molecule has 1 aromatic rings.